The zero-order valence-electron chi connectivity index (χ0n) is 18.4. The minimum atomic E-state index is -3.69. The van der Waals surface area contributed by atoms with Gasteiger partial charge in [-0.15, -0.1) is 0 Å². The molecule has 0 aliphatic rings. The van der Waals surface area contributed by atoms with Gasteiger partial charge in [0.15, 0.2) is 0 Å². The van der Waals surface area contributed by atoms with Gasteiger partial charge in [-0.1, -0.05) is 58.9 Å². The third kappa shape index (κ3) is 6.82. The summed E-state index contributed by atoms with van der Waals surface area (Å²) in [6.45, 7) is 10.7. The maximum Gasteiger partial charge on any atom is 0.306 e. The summed E-state index contributed by atoms with van der Waals surface area (Å²) in [5, 5.41) is 0. The van der Waals surface area contributed by atoms with Crippen LogP contribution in [0.3, 0.4) is 0 Å². The van der Waals surface area contributed by atoms with E-state index in [1.165, 1.54) is 16.4 Å². The lowest BCUT2D eigenvalue weighted by Crippen LogP contribution is -2.33. The predicted molar refractivity (Wildman–Crippen MR) is 119 cm³/mol. The molecule has 0 radical (unpaired) electrons. The van der Waals surface area contributed by atoms with E-state index in [4.69, 9.17) is 4.18 Å². The molecule has 166 valence electrons. The molecule has 2 aromatic rings. The van der Waals surface area contributed by atoms with Crippen molar-refractivity contribution in [1.82, 2.24) is 4.31 Å². The summed E-state index contributed by atoms with van der Waals surface area (Å²) < 4.78 is 55.4. The fourth-order valence-corrected chi connectivity index (χ4v) is 5.01. The molecule has 0 saturated carbocycles. The molecule has 0 heterocycles. The van der Waals surface area contributed by atoms with Gasteiger partial charge in [-0.25, -0.2) is 8.42 Å². The van der Waals surface area contributed by atoms with Crippen LogP contribution in [-0.2, 0) is 32.1 Å². The summed E-state index contributed by atoms with van der Waals surface area (Å²) in [5.41, 5.74) is 1.75. The number of nitrogens with zero attached hydrogens (tertiary/aromatic N) is 1. The van der Waals surface area contributed by atoms with Crippen molar-refractivity contribution in [2.24, 2.45) is 5.92 Å². The highest BCUT2D eigenvalue weighted by atomic mass is 32.2. The second-order valence-electron chi connectivity index (χ2n) is 8.90. The Balaban J connectivity index is 2.30. The zero-order valence-corrected chi connectivity index (χ0v) is 20.0. The molecule has 0 aromatic heterocycles. The summed E-state index contributed by atoms with van der Waals surface area (Å²) in [6, 6.07) is 13.4. The third-order valence-electron chi connectivity index (χ3n) is 4.46. The molecule has 0 amide bonds. The molecule has 30 heavy (non-hydrogen) atoms. The molecule has 0 unspecified atom stereocenters. The zero-order chi connectivity index (χ0) is 22.7. The first kappa shape index (κ1) is 24.4. The maximum absolute atomic E-state index is 13.3. The highest BCUT2D eigenvalue weighted by Crippen LogP contribution is 2.26. The van der Waals surface area contributed by atoms with Crippen LogP contribution in [0.25, 0.3) is 0 Å². The highest BCUT2D eigenvalue weighted by Gasteiger charge is 2.26. The molecule has 0 atom stereocenters. The van der Waals surface area contributed by atoms with E-state index in [1.54, 1.807) is 24.3 Å². The van der Waals surface area contributed by atoms with Crippen molar-refractivity contribution in [2.75, 3.05) is 12.8 Å². The Bertz CT molecular complexity index is 1050. The fourth-order valence-electron chi connectivity index (χ4n) is 2.96. The standard InChI is InChI=1S/C22H31NO5S2/c1-17(2)15-23(16-18-7-11-20(12-8-18)28-29(6,24)25)30(26,27)21-13-9-19(10-14-21)22(3,4)5/h7-14,17H,15-16H2,1-6H3. The molecule has 2 rings (SSSR count). The largest absolute Gasteiger partial charge is 0.383 e. The van der Waals surface area contributed by atoms with Gasteiger partial charge in [0, 0.05) is 13.1 Å². The molecular weight excluding hydrogens is 422 g/mol. The molecule has 6 nitrogen and oxygen atoms in total. The minimum absolute atomic E-state index is 0.0598. The van der Waals surface area contributed by atoms with E-state index in [-0.39, 0.29) is 28.5 Å². The second-order valence-corrected chi connectivity index (χ2v) is 12.4. The second kappa shape index (κ2) is 9.08. The van der Waals surface area contributed by atoms with Crippen LogP contribution in [0.1, 0.15) is 45.7 Å². The molecule has 0 aliphatic carbocycles. The third-order valence-corrected chi connectivity index (χ3v) is 6.78. The number of rotatable bonds is 8. The lowest BCUT2D eigenvalue weighted by Gasteiger charge is -2.25. The fraction of sp³-hybridized carbons (Fsp3) is 0.455. The minimum Gasteiger partial charge on any atom is -0.383 e. The number of hydrogen-bond donors (Lipinski definition) is 0. The van der Waals surface area contributed by atoms with E-state index in [1.807, 2.05) is 26.0 Å². The molecule has 0 saturated heterocycles. The Morgan fingerprint density at radius 1 is 0.900 bits per heavy atom. The molecule has 0 bridgehead atoms. The monoisotopic (exact) mass is 453 g/mol. The molecule has 0 fully saturated rings. The van der Waals surface area contributed by atoms with Crippen molar-refractivity contribution >= 4 is 20.1 Å². The van der Waals surface area contributed by atoms with Gasteiger partial charge in [-0.2, -0.15) is 12.7 Å². The van der Waals surface area contributed by atoms with Crippen LogP contribution < -0.4 is 4.18 Å². The van der Waals surface area contributed by atoms with Crippen LogP contribution in [0, 0.1) is 5.92 Å². The Labute approximate surface area is 181 Å². The summed E-state index contributed by atoms with van der Waals surface area (Å²) in [4.78, 5) is 0.258. The lowest BCUT2D eigenvalue weighted by atomic mass is 9.87. The molecule has 0 aliphatic heterocycles. The van der Waals surface area contributed by atoms with E-state index in [0.29, 0.717) is 6.54 Å². The summed E-state index contributed by atoms with van der Waals surface area (Å²) in [5.74, 6) is 0.332. The molecule has 0 spiro atoms. The van der Waals surface area contributed by atoms with Crippen LogP contribution in [0.4, 0.5) is 0 Å². The molecule has 2 aromatic carbocycles. The first-order valence-corrected chi connectivity index (χ1v) is 13.0. The maximum atomic E-state index is 13.3. The van der Waals surface area contributed by atoms with Crippen molar-refractivity contribution in [2.45, 2.75) is 51.5 Å². The van der Waals surface area contributed by atoms with Crippen LogP contribution in [0.15, 0.2) is 53.4 Å². The summed E-state index contributed by atoms with van der Waals surface area (Å²) in [7, 11) is -7.30. The van der Waals surface area contributed by atoms with Crippen molar-refractivity contribution < 1.29 is 21.0 Å². The van der Waals surface area contributed by atoms with Gasteiger partial charge >= 0.3 is 10.1 Å². The van der Waals surface area contributed by atoms with Gasteiger partial charge in [-0.05, 0) is 46.7 Å². The van der Waals surface area contributed by atoms with Crippen molar-refractivity contribution in [3.63, 3.8) is 0 Å². The van der Waals surface area contributed by atoms with E-state index >= 15 is 0 Å². The highest BCUT2D eigenvalue weighted by molar-refractivity contribution is 7.89. The van der Waals surface area contributed by atoms with Gasteiger partial charge in [0.05, 0.1) is 11.2 Å². The van der Waals surface area contributed by atoms with Crippen molar-refractivity contribution in [3.8, 4) is 5.75 Å². The van der Waals surface area contributed by atoms with Gasteiger partial charge in [0.2, 0.25) is 10.0 Å². The van der Waals surface area contributed by atoms with E-state index in [2.05, 4.69) is 20.8 Å². The lowest BCUT2D eigenvalue weighted by molar-refractivity contribution is 0.362. The number of hydrogen-bond acceptors (Lipinski definition) is 5. The first-order chi connectivity index (χ1) is 13.7. The predicted octanol–water partition coefficient (Wildman–Crippen LogP) is 4.17. The van der Waals surface area contributed by atoms with Gasteiger partial charge in [-0.3, -0.25) is 0 Å². The number of sulfonamides is 1. The van der Waals surface area contributed by atoms with Crippen LogP contribution in [-0.4, -0.2) is 33.9 Å². The number of benzene rings is 2. The Morgan fingerprint density at radius 3 is 1.87 bits per heavy atom. The van der Waals surface area contributed by atoms with Gasteiger partial charge in [0.1, 0.15) is 5.75 Å². The molecule has 8 heteroatoms. The topological polar surface area (TPSA) is 80.8 Å². The summed E-state index contributed by atoms with van der Waals surface area (Å²) >= 11 is 0. The normalized spacial score (nSPS) is 13.1. The average molecular weight is 454 g/mol. The Hall–Kier alpha value is -1.90. The smallest absolute Gasteiger partial charge is 0.306 e. The van der Waals surface area contributed by atoms with Gasteiger partial charge < -0.3 is 4.18 Å². The quantitative estimate of drug-likeness (QED) is 0.561. The van der Waals surface area contributed by atoms with Crippen LogP contribution >= 0.6 is 0 Å². The summed E-state index contributed by atoms with van der Waals surface area (Å²) in [6.07, 6.45) is 0.975. The van der Waals surface area contributed by atoms with Crippen molar-refractivity contribution in [3.05, 3.63) is 59.7 Å². The Morgan fingerprint density at radius 2 is 1.43 bits per heavy atom. The van der Waals surface area contributed by atoms with Crippen LogP contribution in [0.5, 0.6) is 5.75 Å². The van der Waals surface area contributed by atoms with Crippen LogP contribution in [0.2, 0.25) is 0 Å². The first-order valence-electron chi connectivity index (χ1n) is 9.77. The average Bonchev–Trinajstić information content (AvgIpc) is 2.60. The van der Waals surface area contributed by atoms with E-state index in [0.717, 1.165) is 17.4 Å². The SMILES string of the molecule is CC(C)CN(Cc1ccc(OS(C)(=O)=O)cc1)S(=O)(=O)c1ccc(C(C)(C)C)cc1. The van der Waals surface area contributed by atoms with Crippen molar-refractivity contribution in [1.29, 1.82) is 0 Å². The van der Waals surface area contributed by atoms with E-state index in [9.17, 15) is 16.8 Å². The van der Waals surface area contributed by atoms with Gasteiger partial charge in [0.25, 0.3) is 0 Å². The molecule has 0 N–H and O–H groups in total. The Kier molecular flexibility index (Phi) is 7.37. The molecular formula is C22H31NO5S2. The van der Waals surface area contributed by atoms with E-state index < -0.39 is 20.1 Å².